The highest BCUT2D eigenvalue weighted by atomic mass is 16.2. The van der Waals surface area contributed by atoms with E-state index in [1.165, 1.54) is 0 Å². The number of anilines is 1. The van der Waals surface area contributed by atoms with Gasteiger partial charge in [0, 0.05) is 24.2 Å². The van der Waals surface area contributed by atoms with E-state index in [4.69, 9.17) is 0 Å². The smallest absolute Gasteiger partial charge is 0.269 e. The lowest BCUT2D eigenvalue weighted by Crippen LogP contribution is -2.45. The lowest BCUT2D eigenvalue weighted by atomic mass is 10.1. The van der Waals surface area contributed by atoms with Crippen LogP contribution in [0.15, 0.2) is 54.6 Å². The number of carbonyl (C=O) groups is 3. The zero-order valence-electron chi connectivity index (χ0n) is 13.9. The van der Waals surface area contributed by atoms with Crippen molar-refractivity contribution in [2.75, 3.05) is 11.4 Å². The molecule has 0 unspecified atom stereocenters. The molecule has 0 aromatic heterocycles. The van der Waals surface area contributed by atoms with Crippen LogP contribution in [0.1, 0.15) is 22.3 Å². The molecule has 6 heteroatoms. The average molecular weight is 337 g/mol. The molecule has 3 amide bonds. The van der Waals surface area contributed by atoms with E-state index in [0.29, 0.717) is 12.1 Å². The lowest BCUT2D eigenvalue weighted by Gasteiger charge is -2.17. The third kappa shape index (κ3) is 3.85. The van der Waals surface area contributed by atoms with E-state index in [9.17, 15) is 14.4 Å². The van der Waals surface area contributed by atoms with Crippen molar-refractivity contribution in [3.8, 4) is 0 Å². The number of hydrogen-bond acceptors (Lipinski definition) is 3. The van der Waals surface area contributed by atoms with Gasteiger partial charge in [-0.2, -0.15) is 0 Å². The normalized spacial score (nSPS) is 16.6. The Morgan fingerprint density at radius 3 is 2.36 bits per heavy atom. The summed E-state index contributed by atoms with van der Waals surface area (Å²) >= 11 is 0. The molecular weight excluding hydrogens is 318 g/mol. The highest BCUT2D eigenvalue weighted by Gasteiger charge is 2.35. The summed E-state index contributed by atoms with van der Waals surface area (Å²) in [6, 6.07) is 16.2. The molecule has 1 fully saturated rings. The highest BCUT2D eigenvalue weighted by molar-refractivity contribution is 6.01. The summed E-state index contributed by atoms with van der Waals surface area (Å²) in [6.45, 7) is 2.27. The van der Waals surface area contributed by atoms with E-state index in [1.807, 2.05) is 31.2 Å². The molecule has 1 aliphatic heterocycles. The monoisotopic (exact) mass is 337 g/mol. The number of rotatable bonds is 3. The minimum Gasteiger partial charge on any atom is -0.312 e. The second kappa shape index (κ2) is 7.17. The standard InChI is InChI=1S/C19H19N3O3/c1-13-7-9-16(10-8-13)22-12-15(11-17(22)23)19(25)21-20-18(24)14-5-3-2-4-6-14/h2-10,15H,11-12H2,1H3,(H,20,24)(H,21,25)/t15-/m1/s1. The SMILES string of the molecule is Cc1ccc(N2C[C@H](C(=O)NNC(=O)c3ccccc3)CC2=O)cc1. The van der Waals surface area contributed by atoms with Crippen molar-refractivity contribution in [1.82, 2.24) is 10.9 Å². The molecule has 0 bridgehead atoms. The highest BCUT2D eigenvalue weighted by Crippen LogP contribution is 2.25. The van der Waals surface area contributed by atoms with Crippen molar-refractivity contribution in [3.05, 3.63) is 65.7 Å². The summed E-state index contributed by atoms with van der Waals surface area (Å²) in [5.41, 5.74) is 7.12. The summed E-state index contributed by atoms with van der Waals surface area (Å²) in [5, 5.41) is 0. The Hall–Kier alpha value is -3.15. The fourth-order valence-corrected chi connectivity index (χ4v) is 2.74. The molecule has 128 valence electrons. The first-order valence-electron chi connectivity index (χ1n) is 8.07. The maximum atomic E-state index is 12.3. The molecule has 2 aromatic carbocycles. The van der Waals surface area contributed by atoms with Crippen LogP contribution in [0, 0.1) is 12.8 Å². The van der Waals surface area contributed by atoms with E-state index in [0.717, 1.165) is 11.3 Å². The van der Waals surface area contributed by atoms with Crippen molar-refractivity contribution in [3.63, 3.8) is 0 Å². The van der Waals surface area contributed by atoms with Crippen molar-refractivity contribution in [2.24, 2.45) is 5.92 Å². The van der Waals surface area contributed by atoms with E-state index in [1.54, 1.807) is 35.2 Å². The van der Waals surface area contributed by atoms with Gasteiger partial charge in [0.05, 0.1) is 5.92 Å². The summed E-state index contributed by atoms with van der Waals surface area (Å²) in [5.74, 6) is -1.36. The number of aryl methyl sites for hydroxylation is 1. The first-order valence-corrected chi connectivity index (χ1v) is 8.07. The second-order valence-electron chi connectivity index (χ2n) is 6.05. The molecule has 25 heavy (non-hydrogen) atoms. The molecule has 1 aliphatic rings. The summed E-state index contributed by atoms with van der Waals surface area (Å²) in [7, 11) is 0. The summed E-state index contributed by atoms with van der Waals surface area (Å²) in [4.78, 5) is 38.0. The van der Waals surface area contributed by atoms with Gasteiger partial charge in [0.25, 0.3) is 5.91 Å². The van der Waals surface area contributed by atoms with E-state index < -0.39 is 11.8 Å². The Morgan fingerprint density at radius 2 is 1.68 bits per heavy atom. The molecule has 0 saturated carbocycles. The molecule has 1 heterocycles. The number of hydrogen-bond donors (Lipinski definition) is 2. The fraction of sp³-hybridized carbons (Fsp3) is 0.211. The number of nitrogens with zero attached hydrogens (tertiary/aromatic N) is 1. The topological polar surface area (TPSA) is 78.5 Å². The zero-order chi connectivity index (χ0) is 17.8. The van der Waals surface area contributed by atoms with Gasteiger partial charge in [-0.05, 0) is 31.2 Å². The van der Waals surface area contributed by atoms with Gasteiger partial charge in [-0.15, -0.1) is 0 Å². The Kier molecular flexibility index (Phi) is 4.79. The Balaban J connectivity index is 1.57. The minimum atomic E-state index is -0.495. The fourth-order valence-electron chi connectivity index (χ4n) is 2.74. The second-order valence-corrected chi connectivity index (χ2v) is 6.05. The number of hydrazine groups is 1. The van der Waals surface area contributed by atoms with Gasteiger partial charge in [-0.3, -0.25) is 25.2 Å². The molecule has 0 spiro atoms. The van der Waals surface area contributed by atoms with Crippen LogP contribution in [-0.2, 0) is 9.59 Å². The van der Waals surface area contributed by atoms with Gasteiger partial charge in [-0.1, -0.05) is 35.9 Å². The first-order chi connectivity index (χ1) is 12.0. The number of amides is 3. The number of carbonyl (C=O) groups excluding carboxylic acids is 3. The van der Waals surface area contributed by atoms with Crippen molar-refractivity contribution < 1.29 is 14.4 Å². The molecule has 2 N–H and O–H groups in total. The molecule has 1 atom stereocenters. The van der Waals surface area contributed by atoms with Crippen molar-refractivity contribution >= 4 is 23.4 Å². The molecule has 3 rings (SSSR count). The van der Waals surface area contributed by atoms with Crippen LogP contribution < -0.4 is 15.8 Å². The van der Waals surface area contributed by atoms with Gasteiger partial charge < -0.3 is 4.90 Å². The van der Waals surface area contributed by atoms with Gasteiger partial charge in [-0.25, -0.2) is 0 Å². The van der Waals surface area contributed by atoms with Crippen LogP contribution >= 0.6 is 0 Å². The van der Waals surface area contributed by atoms with Crippen LogP contribution in [0.2, 0.25) is 0 Å². The molecule has 0 aliphatic carbocycles. The number of nitrogens with one attached hydrogen (secondary N) is 2. The van der Waals surface area contributed by atoms with Crippen LogP contribution in [0.4, 0.5) is 5.69 Å². The van der Waals surface area contributed by atoms with Gasteiger partial charge in [0.1, 0.15) is 0 Å². The molecule has 1 saturated heterocycles. The van der Waals surface area contributed by atoms with E-state index in [2.05, 4.69) is 10.9 Å². The molecule has 2 aromatic rings. The quantitative estimate of drug-likeness (QED) is 0.839. The van der Waals surface area contributed by atoms with Gasteiger partial charge in [0.15, 0.2) is 0 Å². The summed E-state index contributed by atoms with van der Waals surface area (Å²) in [6.07, 6.45) is 0.126. The first kappa shape index (κ1) is 16.7. The predicted octanol–water partition coefficient (Wildman–Crippen LogP) is 1.81. The minimum absolute atomic E-state index is 0.0987. The summed E-state index contributed by atoms with van der Waals surface area (Å²) < 4.78 is 0. The predicted molar refractivity (Wildman–Crippen MR) is 93.7 cm³/mol. The molecule has 6 nitrogen and oxygen atoms in total. The third-order valence-electron chi connectivity index (χ3n) is 4.18. The van der Waals surface area contributed by atoms with Crippen LogP contribution in [-0.4, -0.2) is 24.3 Å². The van der Waals surface area contributed by atoms with Crippen LogP contribution in [0.5, 0.6) is 0 Å². The maximum absolute atomic E-state index is 12.3. The Bertz CT molecular complexity index is 787. The largest absolute Gasteiger partial charge is 0.312 e. The molecule has 0 radical (unpaired) electrons. The Labute approximate surface area is 145 Å². The third-order valence-corrected chi connectivity index (χ3v) is 4.18. The lowest BCUT2D eigenvalue weighted by molar-refractivity contribution is -0.126. The van der Waals surface area contributed by atoms with E-state index in [-0.39, 0.29) is 18.2 Å². The van der Waals surface area contributed by atoms with Crippen molar-refractivity contribution in [1.29, 1.82) is 0 Å². The van der Waals surface area contributed by atoms with Crippen LogP contribution in [0.3, 0.4) is 0 Å². The average Bonchev–Trinajstić information content (AvgIpc) is 3.02. The number of benzene rings is 2. The maximum Gasteiger partial charge on any atom is 0.269 e. The van der Waals surface area contributed by atoms with Crippen LogP contribution in [0.25, 0.3) is 0 Å². The molecular formula is C19H19N3O3. The van der Waals surface area contributed by atoms with Gasteiger partial charge >= 0.3 is 0 Å². The Morgan fingerprint density at radius 1 is 1.00 bits per heavy atom. The van der Waals surface area contributed by atoms with Gasteiger partial charge in [0.2, 0.25) is 11.8 Å². The van der Waals surface area contributed by atoms with Crippen molar-refractivity contribution in [2.45, 2.75) is 13.3 Å². The zero-order valence-corrected chi connectivity index (χ0v) is 13.9. The van der Waals surface area contributed by atoms with E-state index >= 15 is 0 Å².